The summed E-state index contributed by atoms with van der Waals surface area (Å²) in [4.78, 5) is 13.6. The fraction of sp³-hybridized carbons (Fsp3) is 0.588. The number of nitrogens with zero attached hydrogens (tertiary/aromatic N) is 1. The van der Waals surface area contributed by atoms with Crippen LogP contribution in [0.3, 0.4) is 0 Å². The molecular formula is C17H24N2O2. The van der Waals surface area contributed by atoms with Gasteiger partial charge in [0.05, 0.1) is 6.61 Å². The Balaban J connectivity index is 1.50. The van der Waals surface area contributed by atoms with Gasteiger partial charge in [-0.1, -0.05) is 12.1 Å². The molecule has 4 heteroatoms. The Bertz CT molecular complexity index is 492. The van der Waals surface area contributed by atoms with E-state index >= 15 is 0 Å². The lowest BCUT2D eigenvalue weighted by Crippen LogP contribution is -2.35. The summed E-state index contributed by atoms with van der Waals surface area (Å²) in [6.45, 7) is 5.32. The van der Waals surface area contributed by atoms with Crippen molar-refractivity contribution in [2.75, 3.05) is 32.8 Å². The molecule has 1 amide bonds. The van der Waals surface area contributed by atoms with Gasteiger partial charge in [0, 0.05) is 30.7 Å². The molecule has 2 heterocycles. The van der Waals surface area contributed by atoms with E-state index in [-0.39, 0.29) is 5.91 Å². The number of hydrogen-bond donors (Lipinski definition) is 1. The predicted octanol–water partition coefficient (Wildman–Crippen LogP) is 1.83. The van der Waals surface area contributed by atoms with E-state index in [0.717, 1.165) is 26.2 Å². The molecule has 2 aliphatic heterocycles. The molecule has 1 unspecified atom stereocenters. The van der Waals surface area contributed by atoms with E-state index in [1.54, 1.807) is 0 Å². The first kappa shape index (κ1) is 14.5. The minimum atomic E-state index is -0.361. The fourth-order valence-electron chi connectivity index (χ4n) is 3.57. The smallest absolute Gasteiger partial charge is 0.248 e. The summed E-state index contributed by atoms with van der Waals surface area (Å²) in [6.07, 6.45) is 4.82. The van der Waals surface area contributed by atoms with Gasteiger partial charge in [0.25, 0.3) is 0 Å². The second-order valence-corrected chi connectivity index (χ2v) is 6.49. The van der Waals surface area contributed by atoms with E-state index in [1.165, 1.54) is 37.9 Å². The standard InChI is InChI=1S/C17H24N2O2/c18-16(20)15-4-2-14(3-5-15)6-9-19-10-8-17(12-19)7-1-11-21-13-17/h2-5H,1,6-13H2,(H2,18,20). The van der Waals surface area contributed by atoms with Gasteiger partial charge in [-0.2, -0.15) is 0 Å². The third-order valence-corrected chi connectivity index (χ3v) is 4.88. The van der Waals surface area contributed by atoms with Gasteiger partial charge < -0.3 is 15.4 Å². The molecule has 21 heavy (non-hydrogen) atoms. The topological polar surface area (TPSA) is 55.6 Å². The zero-order valence-electron chi connectivity index (χ0n) is 12.5. The number of ether oxygens (including phenoxy) is 1. The molecule has 4 nitrogen and oxygen atoms in total. The van der Waals surface area contributed by atoms with Gasteiger partial charge in [0.2, 0.25) is 5.91 Å². The maximum Gasteiger partial charge on any atom is 0.248 e. The molecule has 1 aromatic carbocycles. The van der Waals surface area contributed by atoms with Crippen LogP contribution in [0.15, 0.2) is 24.3 Å². The maximum absolute atomic E-state index is 11.1. The van der Waals surface area contributed by atoms with Crippen LogP contribution in [0.25, 0.3) is 0 Å². The molecule has 0 bridgehead atoms. The Morgan fingerprint density at radius 1 is 1.29 bits per heavy atom. The van der Waals surface area contributed by atoms with Crippen LogP contribution in [0.2, 0.25) is 0 Å². The van der Waals surface area contributed by atoms with Crippen LogP contribution in [0.4, 0.5) is 0 Å². The van der Waals surface area contributed by atoms with E-state index in [4.69, 9.17) is 10.5 Å². The van der Waals surface area contributed by atoms with Crippen LogP contribution < -0.4 is 5.73 Å². The van der Waals surface area contributed by atoms with Gasteiger partial charge >= 0.3 is 0 Å². The molecule has 0 radical (unpaired) electrons. The summed E-state index contributed by atoms with van der Waals surface area (Å²) >= 11 is 0. The minimum absolute atomic E-state index is 0.361. The normalized spacial score (nSPS) is 26.3. The number of benzene rings is 1. The molecule has 0 aliphatic carbocycles. The lowest BCUT2D eigenvalue weighted by Gasteiger charge is -2.33. The van der Waals surface area contributed by atoms with E-state index in [9.17, 15) is 4.79 Å². The van der Waals surface area contributed by atoms with E-state index in [0.29, 0.717) is 11.0 Å². The molecule has 2 saturated heterocycles. The summed E-state index contributed by atoms with van der Waals surface area (Å²) in [5.74, 6) is -0.361. The molecule has 114 valence electrons. The largest absolute Gasteiger partial charge is 0.381 e. The lowest BCUT2D eigenvalue weighted by atomic mass is 9.82. The molecule has 3 rings (SSSR count). The van der Waals surface area contributed by atoms with Gasteiger partial charge in [0.1, 0.15) is 0 Å². The number of likely N-dealkylation sites (tertiary alicyclic amines) is 1. The average molecular weight is 288 g/mol. The zero-order chi connectivity index (χ0) is 14.7. The van der Waals surface area contributed by atoms with Crippen molar-refractivity contribution >= 4 is 5.91 Å². The molecule has 2 fully saturated rings. The van der Waals surface area contributed by atoms with E-state index in [2.05, 4.69) is 4.90 Å². The predicted molar refractivity (Wildman–Crippen MR) is 82.2 cm³/mol. The summed E-state index contributed by atoms with van der Waals surface area (Å²) in [5.41, 5.74) is 7.53. The van der Waals surface area contributed by atoms with Gasteiger partial charge in [0.15, 0.2) is 0 Å². The fourth-order valence-corrected chi connectivity index (χ4v) is 3.57. The zero-order valence-corrected chi connectivity index (χ0v) is 12.5. The van der Waals surface area contributed by atoms with Crippen LogP contribution in [0.5, 0.6) is 0 Å². The monoisotopic (exact) mass is 288 g/mol. The molecule has 1 aromatic rings. The third-order valence-electron chi connectivity index (χ3n) is 4.88. The number of primary amides is 1. The lowest BCUT2D eigenvalue weighted by molar-refractivity contribution is -0.00204. The van der Waals surface area contributed by atoms with Crippen LogP contribution in [0.1, 0.15) is 35.2 Å². The van der Waals surface area contributed by atoms with Crippen molar-refractivity contribution in [1.82, 2.24) is 4.90 Å². The van der Waals surface area contributed by atoms with Crippen molar-refractivity contribution in [1.29, 1.82) is 0 Å². The molecule has 0 aromatic heterocycles. The van der Waals surface area contributed by atoms with Crippen LogP contribution >= 0.6 is 0 Å². The molecule has 1 spiro atoms. The summed E-state index contributed by atoms with van der Waals surface area (Å²) in [7, 11) is 0. The van der Waals surface area contributed by atoms with E-state index < -0.39 is 0 Å². The molecule has 2 N–H and O–H groups in total. The number of hydrogen-bond acceptors (Lipinski definition) is 3. The Hall–Kier alpha value is -1.39. The maximum atomic E-state index is 11.1. The minimum Gasteiger partial charge on any atom is -0.381 e. The SMILES string of the molecule is NC(=O)c1ccc(CCN2CCC3(CCCOC3)C2)cc1. The van der Waals surface area contributed by atoms with Crippen molar-refractivity contribution in [3.05, 3.63) is 35.4 Å². The van der Waals surface area contributed by atoms with Crippen LogP contribution in [0, 0.1) is 5.41 Å². The van der Waals surface area contributed by atoms with Crippen molar-refractivity contribution in [2.45, 2.75) is 25.7 Å². The van der Waals surface area contributed by atoms with Crippen LogP contribution in [-0.2, 0) is 11.2 Å². The van der Waals surface area contributed by atoms with Crippen molar-refractivity contribution < 1.29 is 9.53 Å². The van der Waals surface area contributed by atoms with Gasteiger partial charge in [-0.05, 0) is 49.9 Å². The summed E-state index contributed by atoms with van der Waals surface area (Å²) in [5, 5.41) is 0. The highest BCUT2D eigenvalue weighted by atomic mass is 16.5. The number of nitrogens with two attached hydrogens (primary N) is 1. The van der Waals surface area contributed by atoms with Crippen molar-refractivity contribution in [3.8, 4) is 0 Å². The van der Waals surface area contributed by atoms with Crippen LogP contribution in [-0.4, -0.2) is 43.7 Å². The Labute approximate surface area is 126 Å². The number of rotatable bonds is 4. The molecular weight excluding hydrogens is 264 g/mol. The Morgan fingerprint density at radius 2 is 2.10 bits per heavy atom. The number of carbonyl (C=O) groups is 1. The quantitative estimate of drug-likeness (QED) is 0.919. The number of amides is 1. The summed E-state index contributed by atoms with van der Waals surface area (Å²) < 4.78 is 5.68. The van der Waals surface area contributed by atoms with Gasteiger partial charge in [-0.3, -0.25) is 4.79 Å². The Kier molecular flexibility index (Phi) is 4.27. The molecule has 2 aliphatic rings. The second kappa shape index (κ2) is 6.16. The van der Waals surface area contributed by atoms with Crippen molar-refractivity contribution in [3.63, 3.8) is 0 Å². The first-order valence-electron chi connectivity index (χ1n) is 7.86. The van der Waals surface area contributed by atoms with Gasteiger partial charge in [-0.15, -0.1) is 0 Å². The molecule has 1 atom stereocenters. The summed E-state index contributed by atoms with van der Waals surface area (Å²) in [6, 6.07) is 7.65. The van der Waals surface area contributed by atoms with Crippen molar-refractivity contribution in [2.24, 2.45) is 11.1 Å². The number of carbonyl (C=O) groups excluding carboxylic acids is 1. The second-order valence-electron chi connectivity index (χ2n) is 6.49. The molecule has 0 saturated carbocycles. The van der Waals surface area contributed by atoms with E-state index in [1.807, 2.05) is 24.3 Å². The average Bonchev–Trinajstić information content (AvgIpc) is 2.89. The third kappa shape index (κ3) is 3.44. The van der Waals surface area contributed by atoms with Gasteiger partial charge in [-0.25, -0.2) is 0 Å². The highest BCUT2D eigenvalue weighted by Gasteiger charge is 2.39. The Morgan fingerprint density at radius 3 is 2.76 bits per heavy atom. The first-order chi connectivity index (χ1) is 10.2. The highest BCUT2D eigenvalue weighted by Crippen LogP contribution is 2.37. The first-order valence-corrected chi connectivity index (χ1v) is 7.86. The highest BCUT2D eigenvalue weighted by molar-refractivity contribution is 5.92.